The molecular formula is C31H49N3O6. The van der Waals surface area contributed by atoms with Crippen LogP contribution in [0.3, 0.4) is 0 Å². The first-order valence-corrected chi connectivity index (χ1v) is 13.8. The van der Waals surface area contributed by atoms with Crippen LogP contribution in [0.25, 0.3) is 11.1 Å². The Bertz CT molecular complexity index is 1180. The van der Waals surface area contributed by atoms with Crippen LogP contribution < -0.4 is 15.0 Å². The number of hydrogen-bond donors (Lipinski definition) is 2. The average Bonchev–Trinajstić information content (AvgIpc) is 2.90. The third kappa shape index (κ3) is 11.2. The van der Waals surface area contributed by atoms with E-state index in [4.69, 9.17) is 14.2 Å². The maximum absolute atomic E-state index is 12.9. The lowest BCUT2D eigenvalue weighted by Gasteiger charge is -2.19. The number of H-pyrrole nitrogens is 1. The first-order valence-electron chi connectivity index (χ1n) is 13.8. The quantitative estimate of drug-likeness (QED) is 0.192. The van der Waals surface area contributed by atoms with Gasteiger partial charge in [-0.1, -0.05) is 40.2 Å². The predicted molar refractivity (Wildman–Crippen MR) is 164 cm³/mol. The summed E-state index contributed by atoms with van der Waals surface area (Å²) in [5.74, 6) is 0.695. The second kappa shape index (κ2) is 17.9. The molecule has 1 aromatic heterocycles. The van der Waals surface area contributed by atoms with Gasteiger partial charge in [0, 0.05) is 18.3 Å². The summed E-state index contributed by atoms with van der Waals surface area (Å²) in [7, 11) is 3.12. The number of hydrogen-bond acceptors (Lipinski definition) is 8. The van der Waals surface area contributed by atoms with Crippen LogP contribution in [0.1, 0.15) is 99.8 Å². The molecule has 0 aliphatic rings. The van der Waals surface area contributed by atoms with Crippen molar-refractivity contribution in [2.24, 2.45) is 10.2 Å². The van der Waals surface area contributed by atoms with Crippen molar-refractivity contribution in [1.82, 2.24) is 4.98 Å². The highest BCUT2D eigenvalue weighted by atomic mass is 16.6. The minimum Gasteiger partial charge on any atom is -0.506 e. The zero-order valence-corrected chi connectivity index (χ0v) is 26.4. The zero-order valence-electron chi connectivity index (χ0n) is 26.4. The highest BCUT2D eigenvalue weighted by molar-refractivity contribution is 6.03. The molecule has 0 saturated carbocycles. The number of nitrogens with zero attached hydrogens (tertiary/aromatic N) is 2. The number of aryl methyl sites for hydroxylation is 1. The number of rotatable bonds is 9. The van der Waals surface area contributed by atoms with Crippen LogP contribution in [-0.4, -0.2) is 47.3 Å². The molecular weight excluding hydrogens is 510 g/mol. The van der Waals surface area contributed by atoms with Gasteiger partial charge in [0.25, 0.3) is 5.56 Å². The summed E-state index contributed by atoms with van der Waals surface area (Å²) >= 11 is 0. The number of carbonyl (C=O) groups is 1. The van der Waals surface area contributed by atoms with Crippen LogP contribution in [0, 0.1) is 0 Å². The molecule has 0 spiro atoms. The lowest BCUT2D eigenvalue weighted by molar-refractivity contribution is -0.151. The van der Waals surface area contributed by atoms with E-state index in [1.807, 2.05) is 54.5 Å². The number of benzene rings is 1. The molecule has 1 aromatic carbocycles. The number of aromatic amines is 1. The Hall–Kier alpha value is -3.62. The SMILES string of the molecule is CC.CC(=O)OC(C)(C)C.CCCCc1[nH]c(=O)c(/C(C)=N/N=C(\C)CC)c(O)c1-c1c(OC)cccc1OC. The smallest absolute Gasteiger partial charge is 0.303 e. The topological polar surface area (TPSA) is 123 Å². The largest absolute Gasteiger partial charge is 0.506 e. The summed E-state index contributed by atoms with van der Waals surface area (Å²) in [6.07, 6.45) is 3.14. The number of carbonyl (C=O) groups excluding carboxylic acids is 1. The third-order valence-electron chi connectivity index (χ3n) is 5.42. The molecule has 40 heavy (non-hydrogen) atoms. The van der Waals surface area contributed by atoms with Crippen LogP contribution in [0.2, 0.25) is 0 Å². The molecule has 0 amide bonds. The van der Waals surface area contributed by atoms with Crippen molar-refractivity contribution in [1.29, 1.82) is 0 Å². The van der Waals surface area contributed by atoms with Crippen LogP contribution in [0.5, 0.6) is 17.2 Å². The zero-order chi connectivity index (χ0) is 31.0. The molecule has 1 heterocycles. The molecule has 2 aromatic rings. The second-order valence-electron chi connectivity index (χ2n) is 9.75. The molecule has 0 atom stereocenters. The average molecular weight is 560 g/mol. The van der Waals surface area contributed by atoms with Gasteiger partial charge in [-0.15, -0.1) is 0 Å². The Balaban J connectivity index is 0.00000130. The summed E-state index contributed by atoms with van der Waals surface area (Å²) in [4.78, 5) is 26.0. The normalized spacial score (nSPS) is 11.5. The van der Waals surface area contributed by atoms with E-state index in [-0.39, 0.29) is 22.9 Å². The minimum absolute atomic E-state index is 0.0888. The van der Waals surface area contributed by atoms with Crippen molar-refractivity contribution in [3.8, 4) is 28.4 Å². The van der Waals surface area contributed by atoms with Crippen molar-refractivity contribution >= 4 is 17.4 Å². The van der Waals surface area contributed by atoms with Gasteiger partial charge in [0.2, 0.25) is 0 Å². The molecule has 0 radical (unpaired) electrons. The van der Waals surface area contributed by atoms with Crippen molar-refractivity contribution in [3.05, 3.63) is 39.8 Å². The molecule has 9 nitrogen and oxygen atoms in total. The summed E-state index contributed by atoms with van der Waals surface area (Å²) in [5, 5.41) is 19.6. The lowest BCUT2D eigenvalue weighted by Crippen LogP contribution is -2.21. The molecule has 0 fully saturated rings. The van der Waals surface area contributed by atoms with Gasteiger partial charge in [-0.3, -0.25) is 9.59 Å². The number of unbranched alkanes of at least 4 members (excludes halogenated alkanes) is 1. The predicted octanol–water partition coefficient (Wildman–Crippen LogP) is 7.08. The fourth-order valence-corrected chi connectivity index (χ4v) is 3.59. The molecule has 0 unspecified atom stereocenters. The van der Waals surface area contributed by atoms with Crippen molar-refractivity contribution in [2.45, 2.75) is 101 Å². The molecule has 0 saturated heterocycles. The van der Waals surface area contributed by atoms with Gasteiger partial charge in [0.1, 0.15) is 28.4 Å². The number of methoxy groups -OCH3 is 2. The van der Waals surface area contributed by atoms with Crippen molar-refractivity contribution in [2.75, 3.05) is 14.2 Å². The monoisotopic (exact) mass is 559 g/mol. The molecule has 2 N–H and O–H groups in total. The van der Waals surface area contributed by atoms with Crippen LogP contribution >= 0.6 is 0 Å². The van der Waals surface area contributed by atoms with Gasteiger partial charge >= 0.3 is 5.97 Å². The van der Waals surface area contributed by atoms with Gasteiger partial charge in [-0.2, -0.15) is 10.2 Å². The van der Waals surface area contributed by atoms with E-state index in [0.717, 1.165) is 25.0 Å². The number of esters is 1. The van der Waals surface area contributed by atoms with E-state index >= 15 is 0 Å². The minimum atomic E-state index is -0.401. The number of ether oxygens (including phenoxy) is 3. The number of aromatic hydroxyl groups is 1. The maximum atomic E-state index is 12.9. The van der Waals surface area contributed by atoms with Gasteiger partial charge in [-0.05, 0) is 66.0 Å². The first kappa shape index (κ1) is 36.4. The highest BCUT2D eigenvalue weighted by Gasteiger charge is 2.25. The Morgan fingerprint density at radius 2 is 1.52 bits per heavy atom. The fourth-order valence-electron chi connectivity index (χ4n) is 3.59. The molecule has 224 valence electrons. The maximum Gasteiger partial charge on any atom is 0.303 e. The first-order chi connectivity index (χ1) is 18.8. The van der Waals surface area contributed by atoms with Gasteiger partial charge < -0.3 is 24.3 Å². The standard InChI is InChI=1S/C23H31N3O4.C6H12O2.C2H6/c1-7-9-11-16-20(21-17(29-5)12-10-13-18(21)30-6)22(27)19(23(28)24-16)15(4)26-25-14(3)8-2;1-5(7)8-6(2,3)4;1-2/h10,12-13H,7-9,11H2,1-6H3,(H2,24,27,28);1-4H3;1-2H3/b25-14+,26-15+;;. The van der Waals surface area contributed by atoms with Gasteiger partial charge in [0.05, 0.1) is 31.1 Å². The second-order valence-corrected chi connectivity index (χ2v) is 9.75. The Labute approximate surface area is 239 Å². The van der Waals surface area contributed by atoms with E-state index in [2.05, 4.69) is 22.1 Å². The van der Waals surface area contributed by atoms with E-state index in [1.54, 1.807) is 33.3 Å². The van der Waals surface area contributed by atoms with Crippen LogP contribution in [0.4, 0.5) is 0 Å². The van der Waals surface area contributed by atoms with E-state index < -0.39 is 5.56 Å². The van der Waals surface area contributed by atoms with Gasteiger partial charge in [0.15, 0.2) is 0 Å². The summed E-state index contributed by atoms with van der Waals surface area (Å²) in [6.45, 7) is 18.5. The summed E-state index contributed by atoms with van der Waals surface area (Å²) in [6, 6.07) is 5.40. The van der Waals surface area contributed by atoms with Gasteiger partial charge in [-0.25, -0.2) is 0 Å². The van der Waals surface area contributed by atoms with E-state index in [9.17, 15) is 14.7 Å². The third-order valence-corrected chi connectivity index (χ3v) is 5.42. The van der Waals surface area contributed by atoms with E-state index in [1.165, 1.54) is 6.92 Å². The fraction of sp³-hybridized carbons (Fsp3) is 0.548. The molecule has 0 bridgehead atoms. The lowest BCUT2D eigenvalue weighted by atomic mass is 9.95. The van der Waals surface area contributed by atoms with Crippen LogP contribution in [0.15, 0.2) is 33.2 Å². The Kier molecular flexibility index (Phi) is 16.2. The molecule has 9 heteroatoms. The Morgan fingerprint density at radius 3 is 1.93 bits per heavy atom. The Morgan fingerprint density at radius 1 is 0.975 bits per heavy atom. The number of pyridine rings is 1. The molecule has 0 aliphatic heterocycles. The number of aromatic nitrogens is 1. The highest BCUT2D eigenvalue weighted by Crippen LogP contribution is 2.44. The number of nitrogens with one attached hydrogen (secondary N) is 1. The van der Waals surface area contributed by atoms with Crippen LogP contribution in [-0.2, 0) is 16.0 Å². The summed E-state index contributed by atoms with van der Waals surface area (Å²) in [5.41, 5.74) is 2.23. The van der Waals surface area contributed by atoms with Crippen molar-refractivity contribution < 1.29 is 24.1 Å². The molecule has 0 aliphatic carbocycles. The van der Waals surface area contributed by atoms with E-state index in [0.29, 0.717) is 40.5 Å². The molecule has 2 rings (SSSR count). The summed E-state index contributed by atoms with van der Waals surface area (Å²) < 4.78 is 15.9. The van der Waals surface area contributed by atoms with Crippen molar-refractivity contribution in [3.63, 3.8) is 0 Å².